The minimum Gasteiger partial charge on any atom is -0.387 e. The van der Waals surface area contributed by atoms with E-state index in [9.17, 15) is 5.11 Å². The first kappa shape index (κ1) is 17.2. The normalized spacial score (nSPS) is 13.4. The number of aliphatic hydroxyl groups is 1. The summed E-state index contributed by atoms with van der Waals surface area (Å²) >= 11 is 0. The highest BCUT2D eigenvalue weighted by atomic mass is 16.3. The Labute approximate surface area is 124 Å². The van der Waals surface area contributed by atoms with E-state index >= 15 is 0 Å². The van der Waals surface area contributed by atoms with Gasteiger partial charge in [-0.2, -0.15) is 0 Å². The van der Waals surface area contributed by atoms with Gasteiger partial charge in [0.25, 0.3) is 0 Å². The molecule has 114 valence electrons. The van der Waals surface area contributed by atoms with Crippen molar-refractivity contribution < 1.29 is 5.11 Å². The lowest BCUT2D eigenvalue weighted by molar-refractivity contribution is 0.101. The van der Waals surface area contributed by atoms with Gasteiger partial charge in [0.15, 0.2) is 0 Å². The van der Waals surface area contributed by atoms with Crippen LogP contribution in [0.1, 0.15) is 31.1 Å². The van der Waals surface area contributed by atoms with E-state index in [-0.39, 0.29) is 0 Å². The van der Waals surface area contributed by atoms with E-state index in [1.165, 1.54) is 5.56 Å². The Balaban J connectivity index is 2.60. The van der Waals surface area contributed by atoms with Crippen LogP contribution in [0.15, 0.2) is 24.3 Å². The highest BCUT2D eigenvalue weighted by Gasteiger charge is 2.14. The molecule has 0 aromatic heterocycles. The lowest BCUT2D eigenvalue weighted by atomic mass is 10.1. The van der Waals surface area contributed by atoms with Crippen LogP contribution in [0.3, 0.4) is 0 Å². The Morgan fingerprint density at radius 1 is 1.00 bits per heavy atom. The fourth-order valence-electron chi connectivity index (χ4n) is 2.25. The van der Waals surface area contributed by atoms with Gasteiger partial charge in [-0.05, 0) is 32.5 Å². The van der Waals surface area contributed by atoms with Crippen LogP contribution in [0.4, 0.5) is 0 Å². The van der Waals surface area contributed by atoms with Gasteiger partial charge in [0, 0.05) is 26.2 Å². The Hall–Kier alpha value is -0.900. The topological polar surface area (TPSA) is 26.7 Å². The predicted octanol–water partition coefficient (Wildman–Crippen LogP) is 2.55. The predicted molar refractivity (Wildman–Crippen MR) is 86.0 cm³/mol. The number of likely N-dealkylation sites (N-methyl/N-ethyl adjacent to an activating group) is 1. The van der Waals surface area contributed by atoms with E-state index in [2.05, 4.69) is 56.8 Å². The van der Waals surface area contributed by atoms with Gasteiger partial charge in [-0.3, -0.25) is 4.90 Å². The third-order valence-corrected chi connectivity index (χ3v) is 3.38. The van der Waals surface area contributed by atoms with Gasteiger partial charge in [-0.15, -0.1) is 0 Å². The summed E-state index contributed by atoms with van der Waals surface area (Å²) < 4.78 is 0. The van der Waals surface area contributed by atoms with Gasteiger partial charge in [-0.1, -0.05) is 43.7 Å². The molecule has 1 N–H and O–H groups in total. The summed E-state index contributed by atoms with van der Waals surface area (Å²) in [5.41, 5.74) is 2.24. The molecule has 1 aromatic rings. The van der Waals surface area contributed by atoms with E-state index in [4.69, 9.17) is 0 Å². The van der Waals surface area contributed by atoms with Crippen LogP contribution in [0.2, 0.25) is 0 Å². The molecule has 20 heavy (non-hydrogen) atoms. The smallest absolute Gasteiger partial charge is 0.0916 e. The van der Waals surface area contributed by atoms with Crippen LogP contribution >= 0.6 is 0 Å². The molecular formula is C17H30N2O. The maximum Gasteiger partial charge on any atom is 0.0916 e. The Kier molecular flexibility index (Phi) is 7.20. The molecule has 1 rings (SSSR count). The molecule has 0 fully saturated rings. The summed E-state index contributed by atoms with van der Waals surface area (Å²) in [6.45, 7) is 10.3. The van der Waals surface area contributed by atoms with Gasteiger partial charge >= 0.3 is 0 Å². The van der Waals surface area contributed by atoms with Crippen molar-refractivity contribution >= 4 is 0 Å². The van der Waals surface area contributed by atoms with E-state index in [1.54, 1.807) is 0 Å². The molecule has 3 nitrogen and oxygen atoms in total. The molecule has 0 saturated carbocycles. The second-order valence-electron chi connectivity index (χ2n) is 6.38. The van der Waals surface area contributed by atoms with Gasteiger partial charge < -0.3 is 10.0 Å². The molecule has 1 unspecified atom stereocenters. The number of rotatable bonds is 8. The standard InChI is InChI=1S/C17H30N2O/c1-14(2)12-19(11-10-18(4)5)13-17(20)16-8-6-15(3)7-9-16/h6-9,14,17,20H,10-13H2,1-5H3. The first-order chi connectivity index (χ1) is 9.38. The number of hydrogen-bond acceptors (Lipinski definition) is 3. The van der Waals surface area contributed by atoms with Crippen molar-refractivity contribution in [2.45, 2.75) is 26.9 Å². The van der Waals surface area contributed by atoms with Crippen molar-refractivity contribution in [3.63, 3.8) is 0 Å². The monoisotopic (exact) mass is 278 g/mol. The maximum absolute atomic E-state index is 10.4. The van der Waals surface area contributed by atoms with Crippen molar-refractivity contribution in [1.82, 2.24) is 9.80 Å². The first-order valence-corrected chi connectivity index (χ1v) is 7.50. The summed E-state index contributed by atoms with van der Waals surface area (Å²) in [7, 11) is 4.17. The highest BCUT2D eigenvalue weighted by Crippen LogP contribution is 2.15. The van der Waals surface area contributed by atoms with Gasteiger partial charge in [0.05, 0.1) is 6.10 Å². The van der Waals surface area contributed by atoms with E-state index < -0.39 is 6.10 Å². The zero-order valence-electron chi connectivity index (χ0n) is 13.6. The fraction of sp³-hybridized carbons (Fsp3) is 0.647. The van der Waals surface area contributed by atoms with Crippen LogP contribution in [-0.2, 0) is 0 Å². The summed E-state index contributed by atoms with van der Waals surface area (Å²) in [5, 5.41) is 10.4. The molecule has 0 amide bonds. The lowest BCUT2D eigenvalue weighted by Crippen LogP contribution is -2.37. The van der Waals surface area contributed by atoms with Crippen molar-refractivity contribution in [2.24, 2.45) is 5.92 Å². The van der Waals surface area contributed by atoms with E-state index in [0.29, 0.717) is 12.5 Å². The van der Waals surface area contributed by atoms with Gasteiger partial charge in [0.1, 0.15) is 0 Å². The molecule has 0 aliphatic heterocycles. The maximum atomic E-state index is 10.4. The quantitative estimate of drug-likeness (QED) is 0.791. The van der Waals surface area contributed by atoms with Crippen LogP contribution in [0.5, 0.6) is 0 Å². The van der Waals surface area contributed by atoms with Crippen molar-refractivity contribution in [2.75, 3.05) is 40.3 Å². The second-order valence-corrected chi connectivity index (χ2v) is 6.38. The molecule has 0 aliphatic rings. The molecule has 0 saturated heterocycles. The number of hydrogen-bond donors (Lipinski definition) is 1. The van der Waals surface area contributed by atoms with Gasteiger partial charge in [0.2, 0.25) is 0 Å². The van der Waals surface area contributed by atoms with Crippen LogP contribution in [0, 0.1) is 12.8 Å². The van der Waals surface area contributed by atoms with E-state index in [1.807, 2.05) is 12.1 Å². The molecule has 0 bridgehead atoms. The van der Waals surface area contributed by atoms with Crippen molar-refractivity contribution in [1.29, 1.82) is 0 Å². The molecule has 3 heteroatoms. The molecule has 0 spiro atoms. The van der Waals surface area contributed by atoms with Crippen LogP contribution in [0.25, 0.3) is 0 Å². The molecular weight excluding hydrogens is 248 g/mol. The lowest BCUT2D eigenvalue weighted by Gasteiger charge is -2.28. The van der Waals surface area contributed by atoms with E-state index in [0.717, 1.165) is 25.2 Å². The van der Waals surface area contributed by atoms with Crippen LogP contribution < -0.4 is 0 Å². The molecule has 0 radical (unpaired) electrons. The number of aliphatic hydroxyl groups excluding tert-OH is 1. The summed E-state index contributed by atoms with van der Waals surface area (Å²) in [5.74, 6) is 0.613. The third-order valence-electron chi connectivity index (χ3n) is 3.38. The zero-order chi connectivity index (χ0) is 15.1. The van der Waals surface area contributed by atoms with Crippen molar-refractivity contribution in [3.8, 4) is 0 Å². The third kappa shape index (κ3) is 6.51. The number of benzene rings is 1. The number of nitrogens with zero attached hydrogens (tertiary/aromatic N) is 2. The largest absolute Gasteiger partial charge is 0.387 e. The summed E-state index contributed by atoms with van der Waals surface area (Å²) in [6.07, 6.45) is -0.406. The average Bonchev–Trinajstić information content (AvgIpc) is 2.36. The first-order valence-electron chi connectivity index (χ1n) is 7.50. The summed E-state index contributed by atoms with van der Waals surface area (Å²) in [4.78, 5) is 4.54. The average molecular weight is 278 g/mol. The SMILES string of the molecule is Cc1ccc(C(O)CN(CCN(C)C)CC(C)C)cc1. The Bertz CT molecular complexity index is 373. The van der Waals surface area contributed by atoms with Crippen molar-refractivity contribution in [3.05, 3.63) is 35.4 Å². The highest BCUT2D eigenvalue weighted by molar-refractivity contribution is 5.23. The number of aryl methyl sites for hydroxylation is 1. The van der Waals surface area contributed by atoms with Crippen LogP contribution in [-0.4, -0.2) is 55.2 Å². The molecule has 1 aromatic carbocycles. The van der Waals surface area contributed by atoms with Gasteiger partial charge in [-0.25, -0.2) is 0 Å². The second kappa shape index (κ2) is 8.40. The molecule has 0 heterocycles. The minimum atomic E-state index is -0.406. The molecule has 1 atom stereocenters. The Morgan fingerprint density at radius 3 is 2.10 bits per heavy atom. The fourth-order valence-corrected chi connectivity index (χ4v) is 2.25. The summed E-state index contributed by atoms with van der Waals surface area (Å²) in [6, 6.07) is 8.18. The molecule has 0 aliphatic carbocycles. The Morgan fingerprint density at radius 2 is 1.60 bits per heavy atom. The zero-order valence-corrected chi connectivity index (χ0v) is 13.6. The minimum absolute atomic E-state index is 0.406.